The quantitative estimate of drug-likeness (QED) is 0.659. The highest BCUT2D eigenvalue weighted by Crippen LogP contribution is 2.25. The van der Waals surface area contributed by atoms with Crippen LogP contribution in [0.1, 0.15) is 18.5 Å². The summed E-state index contributed by atoms with van der Waals surface area (Å²) in [7, 11) is 0. The molecule has 0 spiro atoms. The van der Waals surface area contributed by atoms with Crippen LogP contribution in [0.15, 0.2) is 60.0 Å². The Balaban J connectivity index is 1.32. The fraction of sp³-hybridized carbons (Fsp3) is 0.190. The molecule has 1 aliphatic rings. The third kappa shape index (κ3) is 4.37. The fourth-order valence-electron chi connectivity index (χ4n) is 3.05. The van der Waals surface area contributed by atoms with Crippen LogP contribution in [0.4, 0.5) is 22.2 Å². The van der Waals surface area contributed by atoms with Crippen molar-refractivity contribution in [1.82, 2.24) is 4.98 Å². The lowest BCUT2D eigenvalue weighted by Crippen LogP contribution is -2.23. The molecule has 1 fully saturated rings. The first-order valence-electron chi connectivity index (χ1n) is 9.14. The summed E-state index contributed by atoms with van der Waals surface area (Å²) in [4.78, 5) is 30.2. The summed E-state index contributed by atoms with van der Waals surface area (Å²) in [5, 5.41) is 8.71. The predicted octanol–water partition coefficient (Wildman–Crippen LogP) is 4.19. The van der Waals surface area contributed by atoms with E-state index in [0.29, 0.717) is 23.8 Å². The van der Waals surface area contributed by atoms with Gasteiger partial charge in [0.1, 0.15) is 0 Å². The van der Waals surface area contributed by atoms with Gasteiger partial charge in [0.15, 0.2) is 5.13 Å². The minimum atomic E-state index is -0.131. The largest absolute Gasteiger partial charge is 0.356 e. The number of hydrogen-bond donors (Lipinski definition) is 2. The lowest BCUT2D eigenvalue weighted by atomic mass is 10.2. The van der Waals surface area contributed by atoms with Crippen LogP contribution >= 0.6 is 11.3 Å². The molecule has 0 saturated carbocycles. The molecule has 2 N–H and O–H groups in total. The van der Waals surface area contributed by atoms with Gasteiger partial charge in [0.05, 0.1) is 12.1 Å². The summed E-state index contributed by atoms with van der Waals surface area (Å²) in [6.07, 6.45) is 1.62. The number of amides is 2. The van der Waals surface area contributed by atoms with Gasteiger partial charge in [0, 0.05) is 35.4 Å². The fourth-order valence-corrected chi connectivity index (χ4v) is 3.91. The van der Waals surface area contributed by atoms with Gasteiger partial charge >= 0.3 is 0 Å². The number of nitrogens with one attached hydrogen (secondary N) is 2. The number of aromatic nitrogens is 1. The minimum absolute atomic E-state index is 0.106. The highest BCUT2D eigenvalue weighted by atomic mass is 32.1. The standard InChI is InChI=1S/C21H20N4O2S/c26-19(13-18-14-28-21(24-18)25-12-4-7-20(25)27)23-17-10-8-16(9-11-17)22-15-5-2-1-3-6-15/h1-3,5-6,8-11,14,22H,4,7,12-13H2,(H,23,26). The monoisotopic (exact) mass is 392 g/mol. The van der Waals surface area contributed by atoms with E-state index < -0.39 is 0 Å². The lowest BCUT2D eigenvalue weighted by Gasteiger charge is -2.10. The van der Waals surface area contributed by atoms with Crippen LogP contribution in [-0.4, -0.2) is 23.3 Å². The number of para-hydroxylation sites is 1. The molecule has 6 nitrogen and oxygen atoms in total. The van der Waals surface area contributed by atoms with Crippen molar-refractivity contribution < 1.29 is 9.59 Å². The SMILES string of the molecule is O=C(Cc1csc(N2CCCC2=O)n1)Nc1ccc(Nc2ccccc2)cc1. The van der Waals surface area contributed by atoms with E-state index in [0.717, 1.165) is 23.5 Å². The van der Waals surface area contributed by atoms with Crippen LogP contribution in [0, 0.1) is 0 Å². The van der Waals surface area contributed by atoms with Crippen molar-refractivity contribution in [2.75, 3.05) is 22.1 Å². The maximum Gasteiger partial charge on any atom is 0.230 e. The topological polar surface area (TPSA) is 74.3 Å². The Morgan fingerprint density at radius 2 is 1.75 bits per heavy atom. The zero-order valence-corrected chi connectivity index (χ0v) is 16.0. The van der Waals surface area contributed by atoms with E-state index in [1.165, 1.54) is 11.3 Å². The molecule has 0 aliphatic carbocycles. The molecule has 3 aromatic rings. The minimum Gasteiger partial charge on any atom is -0.356 e. The number of rotatable bonds is 6. The summed E-state index contributed by atoms with van der Waals surface area (Å²) in [6.45, 7) is 0.710. The van der Waals surface area contributed by atoms with Crippen molar-refractivity contribution >= 4 is 45.3 Å². The van der Waals surface area contributed by atoms with Crippen molar-refractivity contribution in [2.24, 2.45) is 0 Å². The summed E-state index contributed by atoms with van der Waals surface area (Å²) in [5.74, 6) is -0.0251. The van der Waals surface area contributed by atoms with Gasteiger partial charge in [-0.15, -0.1) is 11.3 Å². The van der Waals surface area contributed by atoms with E-state index in [-0.39, 0.29) is 18.2 Å². The van der Waals surface area contributed by atoms with E-state index in [1.807, 2.05) is 60.0 Å². The average molecular weight is 392 g/mol. The zero-order chi connectivity index (χ0) is 19.3. The van der Waals surface area contributed by atoms with Crippen LogP contribution in [0.5, 0.6) is 0 Å². The third-order valence-corrected chi connectivity index (χ3v) is 5.33. The highest BCUT2D eigenvalue weighted by Gasteiger charge is 2.24. The number of anilines is 4. The Bertz CT molecular complexity index is 970. The predicted molar refractivity (Wildman–Crippen MR) is 112 cm³/mol. The summed E-state index contributed by atoms with van der Waals surface area (Å²) < 4.78 is 0. The summed E-state index contributed by atoms with van der Waals surface area (Å²) in [5.41, 5.74) is 3.37. The van der Waals surface area contributed by atoms with Crippen LogP contribution in [0.25, 0.3) is 0 Å². The lowest BCUT2D eigenvalue weighted by molar-refractivity contribution is -0.117. The molecule has 1 aromatic heterocycles. The molecule has 0 bridgehead atoms. The van der Waals surface area contributed by atoms with Crippen molar-refractivity contribution in [3.8, 4) is 0 Å². The molecule has 2 aromatic carbocycles. The molecule has 28 heavy (non-hydrogen) atoms. The zero-order valence-electron chi connectivity index (χ0n) is 15.2. The molecular formula is C21H20N4O2S. The van der Waals surface area contributed by atoms with Gasteiger partial charge in [-0.1, -0.05) is 18.2 Å². The van der Waals surface area contributed by atoms with Gasteiger partial charge in [0.25, 0.3) is 0 Å². The first kappa shape index (κ1) is 18.2. The Morgan fingerprint density at radius 1 is 1.04 bits per heavy atom. The summed E-state index contributed by atoms with van der Waals surface area (Å²) >= 11 is 1.41. The second kappa shape index (κ2) is 8.22. The van der Waals surface area contributed by atoms with Crippen LogP contribution in [0.3, 0.4) is 0 Å². The molecule has 0 unspecified atom stereocenters. The van der Waals surface area contributed by atoms with Gasteiger partial charge in [-0.2, -0.15) is 0 Å². The average Bonchev–Trinajstić information content (AvgIpc) is 3.33. The summed E-state index contributed by atoms with van der Waals surface area (Å²) in [6, 6.07) is 17.5. The first-order valence-corrected chi connectivity index (χ1v) is 10.0. The molecule has 142 valence electrons. The van der Waals surface area contributed by atoms with E-state index in [2.05, 4.69) is 15.6 Å². The van der Waals surface area contributed by atoms with E-state index >= 15 is 0 Å². The molecule has 2 amide bonds. The number of carbonyl (C=O) groups excluding carboxylic acids is 2. The van der Waals surface area contributed by atoms with Crippen LogP contribution < -0.4 is 15.5 Å². The number of nitrogens with zero attached hydrogens (tertiary/aromatic N) is 2. The molecule has 2 heterocycles. The number of thiazole rings is 1. The smallest absolute Gasteiger partial charge is 0.230 e. The molecule has 0 atom stereocenters. The Morgan fingerprint density at radius 3 is 2.46 bits per heavy atom. The number of carbonyl (C=O) groups is 2. The number of hydrogen-bond acceptors (Lipinski definition) is 5. The highest BCUT2D eigenvalue weighted by molar-refractivity contribution is 7.14. The van der Waals surface area contributed by atoms with Crippen molar-refractivity contribution in [3.05, 3.63) is 65.7 Å². The molecule has 1 saturated heterocycles. The Hall–Kier alpha value is -3.19. The second-order valence-corrected chi connectivity index (χ2v) is 7.40. The van der Waals surface area contributed by atoms with Crippen LogP contribution in [0.2, 0.25) is 0 Å². The molecule has 7 heteroatoms. The molecular weight excluding hydrogens is 372 g/mol. The van der Waals surface area contributed by atoms with Crippen molar-refractivity contribution in [3.63, 3.8) is 0 Å². The van der Waals surface area contributed by atoms with Crippen molar-refractivity contribution in [2.45, 2.75) is 19.3 Å². The van der Waals surface area contributed by atoms with Gasteiger partial charge in [0.2, 0.25) is 11.8 Å². The molecule has 0 radical (unpaired) electrons. The molecule has 1 aliphatic heterocycles. The van der Waals surface area contributed by atoms with E-state index in [1.54, 1.807) is 4.90 Å². The van der Waals surface area contributed by atoms with E-state index in [9.17, 15) is 9.59 Å². The Kier molecular flexibility index (Phi) is 5.34. The van der Waals surface area contributed by atoms with Crippen LogP contribution in [-0.2, 0) is 16.0 Å². The maximum absolute atomic E-state index is 12.3. The molecule has 4 rings (SSSR count). The number of benzene rings is 2. The second-order valence-electron chi connectivity index (χ2n) is 6.56. The van der Waals surface area contributed by atoms with Gasteiger partial charge < -0.3 is 10.6 Å². The van der Waals surface area contributed by atoms with Gasteiger partial charge in [-0.25, -0.2) is 4.98 Å². The Labute approximate surface area is 167 Å². The van der Waals surface area contributed by atoms with Gasteiger partial charge in [-0.05, 0) is 42.8 Å². The van der Waals surface area contributed by atoms with Crippen molar-refractivity contribution in [1.29, 1.82) is 0 Å². The van der Waals surface area contributed by atoms with Gasteiger partial charge in [-0.3, -0.25) is 14.5 Å². The maximum atomic E-state index is 12.3. The third-order valence-electron chi connectivity index (χ3n) is 4.42. The normalized spacial score (nSPS) is 13.6. The first-order chi connectivity index (χ1) is 13.7. The van der Waals surface area contributed by atoms with E-state index in [4.69, 9.17) is 0 Å².